The van der Waals surface area contributed by atoms with Crippen LogP contribution in [0.5, 0.6) is 0 Å². The van der Waals surface area contributed by atoms with Crippen molar-refractivity contribution in [2.75, 3.05) is 4.90 Å². The Morgan fingerprint density at radius 3 is 2.75 bits per heavy atom. The van der Waals surface area contributed by atoms with Gasteiger partial charge < -0.3 is 10.6 Å². The Bertz CT molecular complexity index is 689. The summed E-state index contributed by atoms with van der Waals surface area (Å²) in [5, 5.41) is 0. The number of nitrogens with zero attached hydrogens (tertiary/aromatic N) is 1. The van der Waals surface area contributed by atoms with Crippen LogP contribution in [0.1, 0.15) is 17.2 Å². The molecule has 0 fully saturated rings. The van der Waals surface area contributed by atoms with Gasteiger partial charge in [-0.15, -0.1) is 0 Å². The van der Waals surface area contributed by atoms with E-state index in [0.29, 0.717) is 5.56 Å². The van der Waals surface area contributed by atoms with Crippen molar-refractivity contribution in [1.29, 1.82) is 0 Å². The van der Waals surface area contributed by atoms with Crippen molar-refractivity contribution in [2.45, 2.75) is 12.6 Å². The molecule has 2 aromatic rings. The smallest absolute Gasteiger partial charge is 0.248 e. The Kier molecular flexibility index (Phi) is 3.31. The zero-order valence-corrected chi connectivity index (χ0v) is 12.1. The number of fused-ring (bicyclic) bond motifs is 1. The Balaban J connectivity index is 2.01. The van der Waals surface area contributed by atoms with Crippen molar-refractivity contribution in [2.24, 2.45) is 5.73 Å². The molecular weight excluding hydrogens is 323 g/mol. The minimum Gasteiger partial charge on any atom is -0.316 e. The summed E-state index contributed by atoms with van der Waals surface area (Å²) in [4.78, 5) is 13.8. The van der Waals surface area contributed by atoms with E-state index < -0.39 is 6.04 Å². The molecule has 3 nitrogen and oxygen atoms in total. The third-order valence-corrected chi connectivity index (χ3v) is 3.93. The number of nitrogens with two attached hydrogens (primary N) is 1. The number of halogens is 2. The lowest BCUT2D eigenvalue weighted by Gasteiger charge is -2.18. The van der Waals surface area contributed by atoms with E-state index in [4.69, 9.17) is 5.73 Å². The SMILES string of the molecule is NC1C(=O)N(Cc2ccccc2F)c2cc(Br)ccc21. The van der Waals surface area contributed by atoms with Gasteiger partial charge in [0.25, 0.3) is 0 Å². The van der Waals surface area contributed by atoms with Gasteiger partial charge in [0.1, 0.15) is 11.9 Å². The van der Waals surface area contributed by atoms with Crippen molar-refractivity contribution >= 4 is 27.5 Å². The lowest BCUT2D eigenvalue weighted by molar-refractivity contribution is -0.119. The minimum absolute atomic E-state index is 0.183. The van der Waals surface area contributed by atoms with Gasteiger partial charge in [-0.3, -0.25) is 4.79 Å². The lowest BCUT2D eigenvalue weighted by atomic mass is 10.1. The fraction of sp³-hybridized carbons (Fsp3) is 0.133. The van der Waals surface area contributed by atoms with Crippen molar-refractivity contribution in [3.8, 4) is 0 Å². The normalized spacial score (nSPS) is 17.4. The summed E-state index contributed by atoms with van der Waals surface area (Å²) in [5.74, 6) is -0.529. The minimum atomic E-state index is -0.676. The number of rotatable bonds is 2. The standard InChI is InChI=1S/C15H12BrFN2O/c16-10-5-6-11-13(7-10)19(15(20)14(11)18)8-9-3-1-2-4-12(9)17/h1-7,14H,8,18H2. The van der Waals surface area contributed by atoms with Crippen LogP contribution in [0.2, 0.25) is 0 Å². The Morgan fingerprint density at radius 2 is 2.00 bits per heavy atom. The number of hydrogen-bond acceptors (Lipinski definition) is 2. The van der Waals surface area contributed by atoms with Crippen LogP contribution in [0.3, 0.4) is 0 Å². The molecule has 0 saturated carbocycles. The van der Waals surface area contributed by atoms with E-state index in [9.17, 15) is 9.18 Å². The van der Waals surface area contributed by atoms with E-state index >= 15 is 0 Å². The Morgan fingerprint density at radius 1 is 1.25 bits per heavy atom. The summed E-state index contributed by atoms with van der Waals surface area (Å²) < 4.78 is 14.6. The highest BCUT2D eigenvalue weighted by molar-refractivity contribution is 9.10. The second-order valence-electron chi connectivity index (χ2n) is 4.70. The number of amides is 1. The van der Waals surface area contributed by atoms with Crippen LogP contribution < -0.4 is 10.6 Å². The summed E-state index contributed by atoms with van der Waals surface area (Å²) >= 11 is 3.38. The first-order valence-electron chi connectivity index (χ1n) is 6.18. The third kappa shape index (κ3) is 2.13. The largest absolute Gasteiger partial charge is 0.316 e. The molecule has 5 heteroatoms. The highest BCUT2D eigenvalue weighted by atomic mass is 79.9. The van der Waals surface area contributed by atoms with Crippen molar-refractivity contribution in [3.63, 3.8) is 0 Å². The predicted molar refractivity (Wildman–Crippen MR) is 78.7 cm³/mol. The van der Waals surface area contributed by atoms with Gasteiger partial charge in [0, 0.05) is 15.6 Å². The fourth-order valence-corrected chi connectivity index (χ4v) is 2.74. The molecule has 1 amide bonds. The van der Waals surface area contributed by atoms with Gasteiger partial charge in [0.2, 0.25) is 5.91 Å². The topological polar surface area (TPSA) is 46.3 Å². The Hall–Kier alpha value is -1.72. The number of carbonyl (C=O) groups excluding carboxylic acids is 1. The van der Waals surface area contributed by atoms with Gasteiger partial charge in [-0.2, -0.15) is 0 Å². The zero-order valence-electron chi connectivity index (χ0n) is 10.5. The van der Waals surface area contributed by atoms with Crippen LogP contribution in [0.4, 0.5) is 10.1 Å². The van der Waals surface area contributed by atoms with E-state index in [0.717, 1.165) is 15.7 Å². The molecule has 1 heterocycles. The molecule has 1 aliphatic rings. The first-order chi connectivity index (χ1) is 9.58. The molecule has 2 N–H and O–H groups in total. The second kappa shape index (κ2) is 5.00. The monoisotopic (exact) mass is 334 g/mol. The molecule has 1 aliphatic heterocycles. The van der Waals surface area contributed by atoms with Gasteiger partial charge >= 0.3 is 0 Å². The van der Waals surface area contributed by atoms with Crippen LogP contribution in [-0.4, -0.2) is 5.91 Å². The Labute approximate surface area is 124 Å². The molecule has 0 aliphatic carbocycles. The molecule has 0 bridgehead atoms. The number of hydrogen-bond donors (Lipinski definition) is 1. The highest BCUT2D eigenvalue weighted by Crippen LogP contribution is 2.37. The van der Waals surface area contributed by atoms with Gasteiger partial charge in [-0.05, 0) is 18.2 Å². The summed E-state index contributed by atoms with van der Waals surface area (Å²) in [7, 11) is 0. The molecule has 1 atom stereocenters. The van der Waals surface area contributed by atoms with Crippen LogP contribution >= 0.6 is 15.9 Å². The number of carbonyl (C=O) groups is 1. The fourth-order valence-electron chi connectivity index (χ4n) is 2.39. The zero-order chi connectivity index (χ0) is 14.3. The molecule has 20 heavy (non-hydrogen) atoms. The molecule has 0 spiro atoms. The molecule has 0 radical (unpaired) electrons. The molecule has 0 aromatic heterocycles. The van der Waals surface area contributed by atoms with Crippen LogP contribution in [0.15, 0.2) is 46.9 Å². The van der Waals surface area contributed by atoms with Gasteiger partial charge in [0.05, 0.1) is 12.2 Å². The average Bonchev–Trinajstić information content (AvgIpc) is 2.66. The quantitative estimate of drug-likeness (QED) is 0.917. The molecule has 2 aromatic carbocycles. The average molecular weight is 335 g/mol. The van der Waals surface area contributed by atoms with E-state index in [-0.39, 0.29) is 18.3 Å². The van der Waals surface area contributed by atoms with Crippen molar-refractivity contribution in [3.05, 3.63) is 63.9 Å². The van der Waals surface area contributed by atoms with Crippen molar-refractivity contribution < 1.29 is 9.18 Å². The van der Waals surface area contributed by atoms with Crippen LogP contribution in [0, 0.1) is 5.82 Å². The van der Waals surface area contributed by atoms with E-state index in [1.807, 2.05) is 18.2 Å². The van der Waals surface area contributed by atoms with Crippen molar-refractivity contribution in [1.82, 2.24) is 0 Å². The van der Waals surface area contributed by atoms with Gasteiger partial charge in [-0.25, -0.2) is 4.39 Å². The van der Waals surface area contributed by atoms with Crippen LogP contribution in [0.25, 0.3) is 0 Å². The molecule has 0 saturated heterocycles. The van der Waals surface area contributed by atoms with Gasteiger partial charge in [0.15, 0.2) is 0 Å². The van der Waals surface area contributed by atoms with Crippen LogP contribution in [-0.2, 0) is 11.3 Å². The summed E-state index contributed by atoms with van der Waals surface area (Å²) in [6.45, 7) is 0.183. The molecule has 102 valence electrons. The summed E-state index contributed by atoms with van der Waals surface area (Å²) in [6.07, 6.45) is 0. The molecule has 3 rings (SSSR count). The van der Waals surface area contributed by atoms with E-state index in [1.165, 1.54) is 11.0 Å². The predicted octanol–water partition coefficient (Wildman–Crippen LogP) is 3.13. The van der Waals surface area contributed by atoms with E-state index in [2.05, 4.69) is 15.9 Å². The maximum absolute atomic E-state index is 13.7. The number of anilines is 1. The van der Waals surface area contributed by atoms with E-state index in [1.54, 1.807) is 18.2 Å². The maximum Gasteiger partial charge on any atom is 0.248 e. The molecule has 1 unspecified atom stereocenters. The first-order valence-corrected chi connectivity index (χ1v) is 6.97. The summed E-state index contributed by atoms with van der Waals surface area (Å²) in [5.41, 5.74) is 7.90. The lowest BCUT2D eigenvalue weighted by Crippen LogP contribution is -2.31. The second-order valence-corrected chi connectivity index (χ2v) is 5.61. The first kappa shape index (κ1) is 13.3. The molecular formula is C15H12BrFN2O. The summed E-state index contributed by atoms with van der Waals surface area (Å²) in [6, 6.07) is 11.3. The maximum atomic E-state index is 13.7. The van der Waals surface area contributed by atoms with Gasteiger partial charge in [-0.1, -0.05) is 40.2 Å². The number of benzene rings is 2. The third-order valence-electron chi connectivity index (χ3n) is 3.44. The highest BCUT2D eigenvalue weighted by Gasteiger charge is 2.35.